The van der Waals surface area contributed by atoms with Crippen molar-refractivity contribution in [2.45, 2.75) is 38.5 Å². The Morgan fingerprint density at radius 2 is 1.90 bits per heavy atom. The van der Waals surface area contributed by atoms with Crippen LogP contribution in [0.1, 0.15) is 38.5 Å². The number of pyridine rings is 1. The fourth-order valence-electron chi connectivity index (χ4n) is 2.97. The van der Waals surface area contributed by atoms with Crippen LogP contribution in [0.4, 0.5) is 0 Å². The number of fused-ring (bicyclic) bond motifs is 1. The van der Waals surface area contributed by atoms with E-state index in [0.717, 1.165) is 29.0 Å². The summed E-state index contributed by atoms with van der Waals surface area (Å²) in [5.74, 6) is 8.05. The van der Waals surface area contributed by atoms with Crippen molar-refractivity contribution in [3.05, 3.63) is 36.5 Å². The maximum absolute atomic E-state index is 5.77. The van der Waals surface area contributed by atoms with Crippen LogP contribution in [-0.4, -0.2) is 11.6 Å². The molecule has 21 heavy (non-hydrogen) atoms. The highest BCUT2D eigenvalue weighted by Crippen LogP contribution is 2.25. The van der Waals surface area contributed by atoms with E-state index in [-0.39, 0.29) is 0 Å². The lowest BCUT2D eigenvalue weighted by molar-refractivity contribution is 0.362. The molecule has 1 saturated carbocycles. The maximum Gasteiger partial charge on any atom is 0.149 e. The number of benzene rings is 1. The largest absolute Gasteiger partial charge is 0.479 e. The first-order valence-corrected chi connectivity index (χ1v) is 7.86. The molecule has 0 radical (unpaired) electrons. The Hall–Kier alpha value is -2.01. The Bertz CT molecular complexity index is 642. The fraction of sp³-hybridized carbons (Fsp3) is 0.421. The smallest absolute Gasteiger partial charge is 0.149 e. The summed E-state index contributed by atoms with van der Waals surface area (Å²) >= 11 is 0. The molecular weight excluding hydrogens is 258 g/mol. The number of ether oxygens (including phenoxy) is 1. The van der Waals surface area contributed by atoms with Crippen molar-refractivity contribution in [3.8, 4) is 17.6 Å². The molecule has 2 nitrogen and oxygen atoms in total. The van der Waals surface area contributed by atoms with E-state index in [4.69, 9.17) is 4.74 Å². The third kappa shape index (κ3) is 3.76. The van der Waals surface area contributed by atoms with E-state index in [0.29, 0.717) is 6.61 Å². The Labute approximate surface area is 126 Å². The van der Waals surface area contributed by atoms with Crippen LogP contribution in [0.2, 0.25) is 0 Å². The number of aromatic nitrogens is 1. The normalized spacial score (nSPS) is 15.4. The highest BCUT2D eigenvalue weighted by molar-refractivity contribution is 5.84. The van der Waals surface area contributed by atoms with Gasteiger partial charge < -0.3 is 4.74 Å². The fourth-order valence-corrected chi connectivity index (χ4v) is 2.97. The summed E-state index contributed by atoms with van der Waals surface area (Å²) in [6.07, 6.45) is 9.68. The van der Waals surface area contributed by atoms with Gasteiger partial charge in [-0.25, -0.2) is 0 Å². The molecule has 2 aromatic rings. The van der Waals surface area contributed by atoms with Gasteiger partial charge in [0.15, 0.2) is 0 Å². The highest BCUT2D eigenvalue weighted by Gasteiger charge is 2.11. The molecule has 0 atom stereocenters. The molecule has 1 aliphatic rings. The van der Waals surface area contributed by atoms with Gasteiger partial charge in [-0.2, -0.15) is 0 Å². The monoisotopic (exact) mass is 279 g/mol. The van der Waals surface area contributed by atoms with Crippen LogP contribution in [0.15, 0.2) is 36.5 Å². The Balaban J connectivity index is 1.55. The molecule has 1 aromatic carbocycles. The number of hydrogen-bond donors (Lipinski definition) is 0. The second-order valence-electron chi connectivity index (χ2n) is 5.68. The molecule has 108 valence electrons. The topological polar surface area (TPSA) is 22.1 Å². The van der Waals surface area contributed by atoms with Crippen molar-refractivity contribution in [2.75, 3.05) is 6.61 Å². The van der Waals surface area contributed by atoms with Gasteiger partial charge in [-0.15, -0.1) is 0 Å². The van der Waals surface area contributed by atoms with Crippen LogP contribution in [-0.2, 0) is 0 Å². The molecule has 0 unspecified atom stereocenters. The summed E-state index contributed by atoms with van der Waals surface area (Å²) in [6.45, 7) is 0.447. The van der Waals surface area contributed by atoms with Gasteiger partial charge in [-0.3, -0.25) is 4.98 Å². The molecule has 1 heterocycles. The molecule has 0 spiro atoms. The van der Waals surface area contributed by atoms with Crippen LogP contribution in [0.25, 0.3) is 10.9 Å². The van der Waals surface area contributed by atoms with Crippen molar-refractivity contribution < 1.29 is 4.74 Å². The minimum atomic E-state index is 0.447. The summed E-state index contributed by atoms with van der Waals surface area (Å²) in [7, 11) is 0. The number of hydrogen-bond acceptors (Lipinski definition) is 2. The van der Waals surface area contributed by atoms with Crippen molar-refractivity contribution in [2.24, 2.45) is 5.92 Å². The average Bonchev–Trinajstić information content (AvgIpc) is 2.56. The zero-order chi connectivity index (χ0) is 14.3. The number of nitrogens with zero attached hydrogens (tertiary/aromatic N) is 1. The highest BCUT2D eigenvalue weighted by atomic mass is 16.5. The average molecular weight is 279 g/mol. The van der Waals surface area contributed by atoms with Gasteiger partial charge in [0.05, 0.1) is 0 Å². The molecule has 0 N–H and O–H groups in total. The van der Waals surface area contributed by atoms with E-state index in [2.05, 4.69) is 16.8 Å². The molecular formula is C19H21NO. The molecule has 0 bridgehead atoms. The van der Waals surface area contributed by atoms with Crippen molar-refractivity contribution in [3.63, 3.8) is 0 Å². The lowest BCUT2D eigenvalue weighted by Gasteiger charge is -2.18. The van der Waals surface area contributed by atoms with Crippen LogP contribution >= 0.6 is 0 Å². The SMILES string of the molecule is C(#CCC1CCCCC1)COc1cccc2cccnc12. The van der Waals surface area contributed by atoms with Gasteiger partial charge in [-0.05, 0) is 30.9 Å². The summed E-state index contributed by atoms with van der Waals surface area (Å²) in [6, 6.07) is 9.98. The maximum atomic E-state index is 5.77. The first-order chi connectivity index (χ1) is 10.4. The second kappa shape index (κ2) is 7.13. The first kappa shape index (κ1) is 13.9. The third-order valence-corrected chi connectivity index (χ3v) is 4.14. The Kier molecular flexibility index (Phi) is 4.74. The molecule has 0 saturated heterocycles. The first-order valence-electron chi connectivity index (χ1n) is 7.86. The van der Waals surface area contributed by atoms with Crippen LogP contribution < -0.4 is 4.74 Å². The van der Waals surface area contributed by atoms with Gasteiger partial charge in [0.25, 0.3) is 0 Å². The van der Waals surface area contributed by atoms with E-state index >= 15 is 0 Å². The van der Waals surface area contributed by atoms with Gasteiger partial charge in [0.2, 0.25) is 0 Å². The molecule has 1 fully saturated rings. The van der Waals surface area contributed by atoms with Crippen LogP contribution in [0.5, 0.6) is 5.75 Å². The van der Waals surface area contributed by atoms with Gasteiger partial charge in [-0.1, -0.05) is 49.3 Å². The van der Waals surface area contributed by atoms with E-state index < -0.39 is 0 Å². The lowest BCUT2D eigenvalue weighted by Crippen LogP contribution is -2.05. The molecule has 1 aliphatic carbocycles. The van der Waals surface area contributed by atoms with Crippen molar-refractivity contribution >= 4 is 10.9 Å². The Morgan fingerprint density at radius 3 is 2.81 bits per heavy atom. The predicted octanol–water partition coefficient (Wildman–Crippen LogP) is 4.59. The standard InChI is InChI=1S/C19H21NO/c1-2-8-16(9-3-1)10-4-5-15-21-18-13-6-11-17-12-7-14-20-19(17)18/h6-7,11-14,16H,1-3,8-10,15H2. The van der Waals surface area contributed by atoms with Crippen molar-refractivity contribution in [1.82, 2.24) is 4.98 Å². The predicted molar refractivity (Wildman–Crippen MR) is 86.2 cm³/mol. The molecule has 3 rings (SSSR count). The minimum Gasteiger partial charge on any atom is -0.479 e. The number of para-hydroxylation sites is 1. The van der Waals surface area contributed by atoms with Crippen LogP contribution in [0.3, 0.4) is 0 Å². The van der Waals surface area contributed by atoms with Crippen LogP contribution in [0, 0.1) is 17.8 Å². The molecule has 1 aromatic heterocycles. The molecule has 0 aliphatic heterocycles. The van der Waals surface area contributed by atoms with Crippen molar-refractivity contribution in [1.29, 1.82) is 0 Å². The van der Waals surface area contributed by atoms with Gasteiger partial charge >= 0.3 is 0 Å². The lowest BCUT2D eigenvalue weighted by atomic mass is 9.87. The minimum absolute atomic E-state index is 0.447. The third-order valence-electron chi connectivity index (χ3n) is 4.14. The second-order valence-corrected chi connectivity index (χ2v) is 5.68. The summed E-state index contributed by atoms with van der Waals surface area (Å²) in [5.41, 5.74) is 0.911. The van der Waals surface area contributed by atoms with E-state index in [1.54, 1.807) is 6.20 Å². The molecule has 2 heteroatoms. The summed E-state index contributed by atoms with van der Waals surface area (Å²) < 4.78 is 5.77. The summed E-state index contributed by atoms with van der Waals surface area (Å²) in [4.78, 5) is 4.38. The van der Waals surface area contributed by atoms with Gasteiger partial charge in [0, 0.05) is 18.0 Å². The molecule has 0 amide bonds. The zero-order valence-corrected chi connectivity index (χ0v) is 12.3. The van der Waals surface area contributed by atoms with E-state index in [1.807, 2.05) is 30.3 Å². The van der Waals surface area contributed by atoms with E-state index in [9.17, 15) is 0 Å². The van der Waals surface area contributed by atoms with Gasteiger partial charge in [0.1, 0.15) is 17.9 Å². The quantitative estimate of drug-likeness (QED) is 0.767. The number of rotatable bonds is 3. The zero-order valence-electron chi connectivity index (χ0n) is 12.3. The Morgan fingerprint density at radius 1 is 1.05 bits per heavy atom. The van der Waals surface area contributed by atoms with E-state index in [1.165, 1.54) is 32.1 Å². The summed E-state index contributed by atoms with van der Waals surface area (Å²) in [5, 5.41) is 1.10.